The van der Waals surface area contributed by atoms with Gasteiger partial charge in [-0.2, -0.15) is 11.8 Å². The number of ether oxygens (including phenoxy) is 2. The van der Waals surface area contributed by atoms with E-state index in [1.165, 1.54) is 0 Å². The van der Waals surface area contributed by atoms with Gasteiger partial charge in [-0.05, 0) is 30.7 Å². The lowest BCUT2D eigenvalue weighted by molar-refractivity contribution is -0.118. The monoisotopic (exact) mass is 502 g/mol. The maximum atomic E-state index is 11.5. The number of carbonyl (C=O) groups is 1. The molecule has 2 N–H and O–H groups in total. The maximum Gasteiger partial charge on any atom is 0.263 e. The van der Waals surface area contributed by atoms with E-state index in [1.54, 1.807) is 7.11 Å². The number of methoxy groups -OCH3 is 1. The molecule has 1 atom stereocenters. The number of aromatic nitrogens is 3. The summed E-state index contributed by atoms with van der Waals surface area (Å²) in [5, 5.41) is 6.77. The zero-order valence-corrected chi connectivity index (χ0v) is 20.5. The fourth-order valence-electron chi connectivity index (χ4n) is 4.06. The summed E-state index contributed by atoms with van der Waals surface area (Å²) in [6.45, 7) is 3.59. The van der Waals surface area contributed by atoms with Crippen molar-refractivity contribution in [1.29, 1.82) is 0 Å². The van der Waals surface area contributed by atoms with Crippen molar-refractivity contribution in [2.45, 2.75) is 18.2 Å². The fraction of sp³-hybridized carbons (Fsp3) is 0.391. The van der Waals surface area contributed by atoms with Crippen molar-refractivity contribution >= 4 is 52.6 Å². The third-order valence-electron chi connectivity index (χ3n) is 5.70. The highest BCUT2D eigenvalue weighted by Crippen LogP contribution is 2.31. The van der Waals surface area contributed by atoms with Gasteiger partial charge in [0.05, 0.1) is 24.0 Å². The van der Waals surface area contributed by atoms with Gasteiger partial charge in [0.25, 0.3) is 5.91 Å². The van der Waals surface area contributed by atoms with E-state index in [-0.39, 0.29) is 24.9 Å². The Morgan fingerprint density at radius 2 is 2.18 bits per heavy atom. The van der Waals surface area contributed by atoms with Crippen LogP contribution < -0.4 is 25.0 Å². The van der Waals surface area contributed by atoms with Crippen LogP contribution in [-0.4, -0.2) is 65.2 Å². The zero-order chi connectivity index (χ0) is 22.6. The molecule has 0 saturated carbocycles. The minimum Gasteiger partial charge on any atom is -0.481 e. The van der Waals surface area contributed by atoms with Gasteiger partial charge < -0.3 is 25.0 Å². The van der Waals surface area contributed by atoms with Crippen LogP contribution in [0.4, 0.5) is 11.5 Å². The van der Waals surface area contributed by atoms with Crippen molar-refractivity contribution < 1.29 is 14.3 Å². The molecule has 1 amide bonds. The third-order valence-corrected chi connectivity index (χ3v) is 7.00. The predicted octanol–water partition coefficient (Wildman–Crippen LogP) is 2.89. The van der Waals surface area contributed by atoms with Crippen molar-refractivity contribution in [3.05, 3.63) is 42.2 Å². The van der Waals surface area contributed by atoms with E-state index in [9.17, 15) is 4.79 Å². The second-order valence-corrected chi connectivity index (χ2v) is 9.35. The highest BCUT2D eigenvalue weighted by Gasteiger charge is 2.25. The molecule has 3 aromatic heterocycles. The second-order valence-electron chi connectivity index (χ2n) is 7.94. The molecule has 1 saturated heterocycles. The molecule has 3 aromatic rings. The Balaban J connectivity index is 0.00000274. The van der Waals surface area contributed by atoms with Crippen LogP contribution in [0.25, 0.3) is 11.0 Å². The molecule has 180 valence electrons. The highest BCUT2D eigenvalue weighted by molar-refractivity contribution is 7.99. The molecule has 1 fully saturated rings. The molecule has 2 aliphatic heterocycles. The molecule has 0 bridgehead atoms. The van der Waals surface area contributed by atoms with Crippen molar-refractivity contribution in [2.75, 3.05) is 49.3 Å². The molecule has 0 aliphatic carbocycles. The van der Waals surface area contributed by atoms with Gasteiger partial charge in [-0.15, -0.1) is 12.4 Å². The Bertz CT molecular complexity index is 1170. The van der Waals surface area contributed by atoms with E-state index in [4.69, 9.17) is 9.47 Å². The summed E-state index contributed by atoms with van der Waals surface area (Å²) in [7, 11) is 1.63. The van der Waals surface area contributed by atoms with Gasteiger partial charge >= 0.3 is 0 Å². The van der Waals surface area contributed by atoms with E-state index >= 15 is 0 Å². The van der Waals surface area contributed by atoms with E-state index in [0.717, 1.165) is 54.2 Å². The first-order valence-corrected chi connectivity index (χ1v) is 12.0. The van der Waals surface area contributed by atoms with Crippen LogP contribution in [-0.2, 0) is 11.3 Å². The van der Waals surface area contributed by atoms with Crippen LogP contribution in [0.2, 0.25) is 0 Å². The van der Waals surface area contributed by atoms with Crippen LogP contribution in [0.15, 0.2) is 36.5 Å². The van der Waals surface area contributed by atoms with E-state index in [2.05, 4.69) is 30.5 Å². The number of anilines is 2. The van der Waals surface area contributed by atoms with Gasteiger partial charge in [-0.3, -0.25) is 9.78 Å². The summed E-state index contributed by atoms with van der Waals surface area (Å²) >= 11 is 1.99. The topological polar surface area (TPSA) is 102 Å². The van der Waals surface area contributed by atoms with Gasteiger partial charge in [0.2, 0.25) is 5.88 Å². The Morgan fingerprint density at radius 3 is 3.06 bits per heavy atom. The average molecular weight is 503 g/mol. The summed E-state index contributed by atoms with van der Waals surface area (Å²) < 4.78 is 10.7. The van der Waals surface area contributed by atoms with E-state index < -0.39 is 0 Å². The number of fused-ring (bicyclic) bond motifs is 2. The quantitative estimate of drug-likeness (QED) is 0.450. The number of nitrogens with one attached hydrogen (secondary N) is 2. The first-order chi connectivity index (χ1) is 16.2. The number of rotatable bonds is 8. The standard InChI is InChI=1S/C23H26N6O3S.ClH/c1-31-21-5-3-17-22(28-21)18(6-8-25-17)29-10-7-16(13-29)33-11-9-24-12-15-2-4-19-23(26-15)27-20(30)14-32-19;/h2-6,8,16,24H,7,9-14H2,1H3,(H,26,27,30);1H. The third kappa shape index (κ3) is 5.45. The fourth-order valence-corrected chi connectivity index (χ4v) is 5.22. The number of pyridine rings is 3. The molecule has 0 aromatic carbocycles. The number of hydrogen-bond donors (Lipinski definition) is 2. The van der Waals surface area contributed by atoms with Crippen LogP contribution in [0.3, 0.4) is 0 Å². The second kappa shape index (κ2) is 11.1. The molecule has 0 spiro atoms. The van der Waals surface area contributed by atoms with E-state index in [1.807, 2.05) is 48.3 Å². The molecule has 34 heavy (non-hydrogen) atoms. The lowest BCUT2D eigenvalue weighted by Gasteiger charge is -2.20. The molecular weight excluding hydrogens is 476 g/mol. The minimum atomic E-state index is -0.170. The summed E-state index contributed by atoms with van der Waals surface area (Å²) in [5.41, 5.74) is 3.78. The first-order valence-electron chi connectivity index (χ1n) is 11.0. The number of hydrogen-bond acceptors (Lipinski definition) is 9. The van der Waals surface area contributed by atoms with Crippen LogP contribution in [0.5, 0.6) is 11.6 Å². The van der Waals surface area contributed by atoms with Gasteiger partial charge in [0, 0.05) is 49.4 Å². The number of carbonyl (C=O) groups excluding carboxylic acids is 1. The Hall–Kier alpha value is -2.82. The molecular formula is C23H27ClN6O3S. The Kier molecular flexibility index (Phi) is 7.91. The summed E-state index contributed by atoms with van der Waals surface area (Å²) in [4.78, 5) is 27.4. The normalized spacial score (nSPS) is 17.0. The molecule has 5 rings (SSSR count). The smallest absolute Gasteiger partial charge is 0.263 e. The summed E-state index contributed by atoms with van der Waals surface area (Å²) in [5.74, 6) is 2.58. The zero-order valence-electron chi connectivity index (χ0n) is 18.8. The predicted molar refractivity (Wildman–Crippen MR) is 136 cm³/mol. The van der Waals surface area contributed by atoms with Gasteiger partial charge in [0.15, 0.2) is 18.2 Å². The van der Waals surface area contributed by atoms with E-state index in [0.29, 0.717) is 29.2 Å². The molecule has 9 nitrogen and oxygen atoms in total. The molecule has 1 unspecified atom stereocenters. The molecule has 11 heteroatoms. The van der Waals surface area contributed by atoms with Gasteiger partial charge in [-0.1, -0.05) is 0 Å². The Morgan fingerprint density at radius 1 is 1.26 bits per heavy atom. The lowest BCUT2D eigenvalue weighted by atomic mass is 10.2. The SMILES string of the molecule is COc1ccc2nccc(N3CCC(SCCNCc4ccc5c(n4)NC(=O)CO5)C3)c2n1.Cl. The lowest BCUT2D eigenvalue weighted by Crippen LogP contribution is -2.27. The Labute approximate surface area is 208 Å². The average Bonchev–Trinajstić information content (AvgIpc) is 3.31. The largest absolute Gasteiger partial charge is 0.481 e. The van der Waals surface area contributed by atoms with Crippen LogP contribution >= 0.6 is 24.2 Å². The number of nitrogens with zero attached hydrogens (tertiary/aromatic N) is 4. The van der Waals surface area contributed by atoms with Crippen molar-refractivity contribution in [3.63, 3.8) is 0 Å². The summed E-state index contributed by atoms with van der Waals surface area (Å²) in [6.07, 6.45) is 2.99. The number of thioether (sulfide) groups is 1. The van der Waals surface area contributed by atoms with Crippen molar-refractivity contribution in [1.82, 2.24) is 20.3 Å². The maximum absolute atomic E-state index is 11.5. The number of halogens is 1. The summed E-state index contributed by atoms with van der Waals surface area (Å²) in [6, 6.07) is 9.62. The van der Waals surface area contributed by atoms with Gasteiger partial charge in [-0.25, -0.2) is 9.97 Å². The minimum absolute atomic E-state index is 0. The van der Waals surface area contributed by atoms with Crippen LogP contribution in [0.1, 0.15) is 12.1 Å². The number of amides is 1. The first kappa shape index (κ1) is 24.3. The van der Waals surface area contributed by atoms with Crippen LogP contribution in [0, 0.1) is 0 Å². The highest BCUT2D eigenvalue weighted by atomic mass is 35.5. The molecule has 2 aliphatic rings. The molecule has 5 heterocycles. The van der Waals surface area contributed by atoms with Crippen molar-refractivity contribution in [2.24, 2.45) is 0 Å². The molecule has 0 radical (unpaired) electrons. The van der Waals surface area contributed by atoms with Crippen molar-refractivity contribution in [3.8, 4) is 11.6 Å². The van der Waals surface area contributed by atoms with Gasteiger partial charge in [0.1, 0.15) is 5.52 Å².